The van der Waals surface area contributed by atoms with Crippen molar-refractivity contribution in [2.24, 2.45) is 5.41 Å². The maximum absolute atomic E-state index is 5.37. The van der Waals surface area contributed by atoms with Crippen LogP contribution in [0.3, 0.4) is 0 Å². The van der Waals surface area contributed by atoms with Gasteiger partial charge in [-0.1, -0.05) is 20.8 Å². The highest BCUT2D eigenvalue weighted by molar-refractivity contribution is 5.29. The molecule has 0 aliphatic rings. The second-order valence-electron chi connectivity index (χ2n) is 4.28. The van der Waals surface area contributed by atoms with E-state index in [1.807, 2.05) is 0 Å². The number of nitrogens with zero attached hydrogens (tertiary/aromatic N) is 2. The van der Waals surface area contributed by atoms with Crippen molar-refractivity contribution in [1.82, 2.24) is 15.2 Å². The van der Waals surface area contributed by atoms with E-state index in [4.69, 9.17) is 5.73 Å². The average molecular weight is 183 g/mol. The van der Waals surface area contributed by atoms with E-state index in [0.717, 1.165) is 13.0 Å². The van der Waals surface area contributed by atoms with E-state index in [1.165, 1.54) is 0 Å². The van der Waals surface area contributed by atoms with Gasteiger partial charge in [-0.3, -0.25) is 0 Å². The van der Waals surface area contributed by atoms with Gasteiger partial charge < -0.3 is 11.1 Å². The normalized spacial score (nSPS) is 11.6. The Morgan fingerprint density at radius 1 is 1.46 bits per heavy atom. The van der Waals surface area contributed by atoms with E-state index in [0.29, 0.717) is 17.3 Å². The Kier molecular flexibility index (Phi) is 2.75. The SMILES string of the molecule is CC(C)(C)CCNc1n[nH]c(N)n1. The summed E-state index contributed by atoms with van der Waals surface area (Å²) in [6.07, 6.45) is 1.07. The number of aromatic amines is 1. The van der Waals surface area contributed by atoms with Crippen LogP contribution in [0, 0.1) is 5.41 Å². The number of nitrogens with one attached hydrogen (secondary N) is 2. The molecule has 0 amide bonds. The smallest absolute Gasteiger partial charge is 0.243 e. The number of anilines is 2. The maximum atomic E-state index is 5.37. The van der Waals surface area contributed by atoms with E-state index in [2.05, 4.69) is 41.3 Å². The Bertz CT molecular complexity index is 260. The van der Waals surface area contributed by atoms with Gasteiger partial charge in [0.05, 0.1) is 0 Å². The van der Waals surface area contributed by atoms with E-state index in [1.54, 1.807) is 0 Å². The Hall–Kier alpha value is -1.26. The molecule has 0 fully saturated rings. The lowest BCUT2D eigenvalue weighted by molar-refractivity contribution is 0.389. The molecule has 0 aromatic carbocycles. The molecule has 0 saturated carbocycles. The topological polar surface area (TPSA) is 79.6 Å². The summed E-state index contributed by atoms with van der Waals surface area (Å²) < 4.78 is 0. The quantitative estimate of drug-likeness (QED) is 0.658. The highest BCUT2D eigenvalue weighted by Crippen LogP contribution is 2.17. The molecule has 0 atom stereocenters. The van der Waals surface area contributed by atoms with Crippen molar-refractivity contribution in [3.63, 3.8) is 0 Å². The molecule has 5 heteroatoms. The van der Waals surface area contributed by atoms with Gasteiger partial charge in [-0.25, -0.2) is 5.10 Å². The molecule has 0 bridgehead atoms. The monoisotopic (exact) mass is 183 g/mol. The standard InChI is InChI=1S/C8H17N5/c1-8(2,3)4-5-10-7-11-6(9)12-13-7/h4-5H2,1-3H3,(H4,9,10,11,12,13). The van der Waals surface area contributed by atoms with Crippen LogP contribution in [-0.2, 0) is 0 Å². The largest absolute Gasteiger partial charge is 0.368 e. The summed E-state index contributed by atoms with van der Waals surface area (Å²) in [5.74, 6) is 0.917. The van der Waals surface area contributed by atoms with Crippen molar-refractivity contribution < 1.29 is 0 Å². The Labute approximate surface area is 78.1 Å². The third kappa shape index (κ3) is 3.78. The molecule has 74 valence electrons. The molecule has 0 spiro atoms. The lowest BCUT2D eigenvalue weighted by atomic mass is 9.92. The van der Waals surface area contributed by atoms with Crippen LogP contribution in [0.5, 0.6) is 0 Å². The van der Waals surface area contributed by atoms with Gasteiger partial charge in [0.1, 0.15) is 0 Å². The van der Waals surface area contributed by atoms with E-state index in [-0.39, 0.29) is 0 Å². The summed E-state index contributed by atoms with van der Waals surface area (Å²) in [4.78, 5) is 3.93. The second kappa shape index (κ2) is 3.64. The molecule has 4 N–H and O–H groups in total. The van der Waals surface area contributed by atoms with Gasteiger partial charge in [-0.15, -0.1) is 5.10 Å². The third-order valence-electron chi connectivity index (χ3n) is 1.66. The molecule has 0 radical (unpaired) electrons. The van der Waals surface area contributed by atoms with Crippen molar-refractivity contribution in [3.8, 4) is 0 Å². The molecule has 0 aliphatic carbocycles. The van der Waals surface area contributed by atoms with Crippen LogP contribution < -0.4 is 11.1 Å². The van der Waals surface area contributed by atoms with Crippen molar-refractivity contribution in [3.05, 3.63) is 0 Å². The minimum absolute atomic E-state index is 0.328. The summed E-state index contributed by atoms with van der Waals surface area (Å²) in [5, 5.41) is 9.52. The van der Waals surface area contributed by atoms with Crippen LogP contribution in [-0.4, -0.2) is 21.7 Å². The van der Waals surface area contributed by atoms with Crippen LogP contribution >= 0.6 is 0 Å². The van der Waals surface area contributed by atoms with E-state index >= 15 is 0 Å². The summed E-state index contributed by atoms with van der Waals surface area (Å²) in [7, 11) is 0. The van der Waals surface area contributed by atoms with Crippen molar-refractivity contribution in [2.75, 3.05) is 17.6 Å². The van der Waals surface area contributed by atoms with Gasteiger partial charge in [0.15, 0.2) is 0 Å². The molecule has 5 nitrogen and oxygen atoms in total. The molecule has 1 aromatic heterocycles. The predicted molar refractivity (Wildman–Crippen MR) is 53.4 cm³/mol. The van der Waals surface area contributed by atoms with E-state index < -0.39 is 0 Å². The molecular weight excluding hydrogens is 166 g/mol. The molecule has 1 heterocycles. The first kappa shape index (κ1) is 9.83. The number of rotatable bonds is 3. The van der Waals surface area contributed by atoms with Crippen LogP contribution in [0.15, 0.2) is 0 Å². The molecule has 1 rings (SSSR count). The number of aromatic nitrogens is 3. The van der Waals surface area contributed by atoms with Crippen molar-refractivity contribution in [2.45, 2.75) is 27.2 Å². The zero-order chi connectivity index (χ0) is 9.90. The number of nitrogens with two attached hydrogens (primary N) is 1. The Morgan fingerprint density at radius 3 is 2.62 bits per heavy atom. The second-order valence-corrected chi connectivity index (χ2v) is 4.28. The molecule has 1 aromatic rings. The first-order valence-corrected chi connectivity index (χ1v) is 4.39. The fourth-order valence-corrected chi connectivity index (χ4v) is 0.903. The zero-order valence-corrected chi connectivity index (χ0v) is 8.39. The molecule has 0 aliphatic heterocycles. The number of nitrogen functional groups attached to an aromatic ring is 1. The highest BCUT2D eigenvalue weighted by atomic mass is 15.3. The van der Waals surface area contributed by atoms with Crippen molar-refractivity contribution >= 4 is 11.9 Å². The highest BCUT2D eigenvalue weighted by Gasteiger charge is 2.09. The lowest BCUT2D eigenvalue weighted by Crippen LogP contribution is -2.13. The zero-order valence-electron chi connectivity index (χ0n) is 8.39. The number of H-pyrrole nitrogens is 1. The van der Waals surface area contributed by atoms with Gasteiger partial charge >= 0.3 is 0 Å². The fourth-order valence-electron chi connectivity index (χ4n) is 0.903. The maximum Gasteiger partial charge on any atom is 0.243 e. The first-order chi connectivity index (χ1) is 5.97. The Morgan fingerprint density at radius 2 is 2.15 bits per heavy atom. The summed E-state index contributed by atoms with van der Waals surface area (Å²) in [5.41, 5.74) is 5.70. The number of hydrogen-bond acceptors (Lipinski definition) is 4. The lowest BCUT2D eigenvalue weighted by Gasteiger charge is -2.17. The van der Waals surface area contributed by atoms with Gasteiger partial charge in [-0.05, 0) is 11.8 Å². The minimum atomic E-state index is 0.328. The Balaban J connectivity index is 2.28. The van der Waals surface area contributed by atoms with Gasteiger partial charge in [0.25, 0.3) is 0 Å². The van der Waals surface area contributed by atoms with Gasteiger partial charge in [0.2, 0.25) is 11.9 Å². The van der Waals surface area contributed by atoms with Crippen LogP contribution in [0.1, 0.15) is 27.2 Å². The molecule has 13 heavy (non-hydrogen) atoms. The summed E-state index contributed by atoms with van der Waals surface area (Å²) in [6.45, 7) is 7.45. The van der Waals surface area contributed by atoms with Crippen LogP contribution in [0.25, 0.3) is 0 Å². The van der Waals surface area contributed by atoms with Gasteiger partial charge in [0, 0.05) is 6.54 Å². The number of hydrogen-bond donors (Lipinski definition) is 3. The molecule has 0 saturated heterocycles. The first-order valence-electron chi connectivity index (χ1n) is 4.39. The third-order valence-corrected chi connectivity index (χ3v) is 1.66. The van der Waals surface area contributed by atoms with Gasteiger partial charge in [-0.2, -0.15) is 4.98 Å². The summed E-state index contributed by atoms with van der Waals surface area (Å²) >= 11 is 0. The fraction of sp³-hybridized carbons (Fsp3) is 0.750. The predicted octanol–water partition coefficient (Wildman–Crippen LogP) is 1.23. The van der Waals surface area contributed by atoms with E-state index in [9.17, 15) is 0 Å². The van der Waals surface area contributed by atoms with Crippen molar-refractivity contribution in [1.29, 1.82) is 0 Å². The minimum Gasteiger partial charge on any atom is -0.368 e. The summed E-state index contributed by atoms with van der Waals surface area (Å²) in [6, 6.07) is 0. The molecule has 0 unspecified atom stereocenters. The molecular formula is C8H17N5. The van der Waals surface area contributed by atoms with Crippen LogP contribution in [0.2, 0.25) is 0 Å². The van der Waals surface area contributed by atoms with Crippen LogP contribution in [0.4, 0.5) is 11.9 Å². The average Bonchev–Trinajstić information content (AvgIpc) is 2.33.